The number of aromatic nitrogens is 1. The van der Waals surface area contributed by atoms with Crippen LogP contribution in [0.4, 0.5) is 5.69 Å². The highest BCUT2D eigenvalue weighted by atomic mass is 16.5. The fraction of sp³-hybridized carbons (Fsp3) is 0.261. The molecule has 2 aromatic carbocycles. The Hall–Kier alpha value is -3.61. The third kappa shape index (κ3) is 5.26. The third-order valence-corrected chi connectivity index (χ3v) is 4.72. The van der Waals surface area contributed by atoms with Crippen molar-refractivity contribution in [3.63, 3.8) is 0 Å². The lowest BCUT2D eigenvalue weighted by molar-refractivity contribution is -0.114. The number of nitrogens with one attached hydrogen (secondary N) is 2. The van der Waals surface area contributed by atoms with Crippen molar-refractivity contribution < 1.29 is 18.8 Å². The van der Waals surface area contributed by atoms with Crippen molar-refractivity contribution in [2.75, 3.05) is 5.32 Å². The second kappa shape index (κ2) is 9.26. The normalized spacial score (nSPS) is 11.6. The van der Waals surface area contributed by atoms with Gasteiger partial charge in [0.2, 0.25) is 5.91 Å². The Bertz CT molecular complexity index is 1040. The molecule has 1 aromatic heterocycles. The molecule has 0 bridgehead atoms. The highest BCUT2D eigenvalue weighted by Crippen LogP contribution is 2.21. The molecule has 0 aliphatic heterocycles. The van der Waals surface area contributed by atoms with Crippen molar-refractivity contribution >= 4 is 17.5 Å². The van der Waals surface area contributed by atoms with E-state index in [-0.39, 0.29) is 17.9 Å². The smallest absolute Gasteiger partial charge is 0.251 e. The molecule has 0 radical (unpaired) electrons. The van der Waals surface area contributed by atoms with Gasteiger partial charge in [0, 0.05) is 18.2 Å². The van der Waals surface area contributed by atoms with E-state index in [4.69, 9.17) is 9.26 Å². The molecular formula is C23H25N3O4. The number of rotatable bonds is 7. The molecule has 0 saturated carbocycles. The summed E-state index contributed by atoms with van der Waals surface area (Å²) >= 11 is 0. The summed E-state index contributed by atoms with van der Waals surface area (Å²) in [5, 5.41) is 9.64. The van der Waals surface area contributed by atoms with Gasteiger partial charge in [-0.05, 0) is 56.7 Å². The number of ether oxygens (including phenoxy) is 1. The molecular weight excluding hydrogens is 382 g/mol. The zero-order chi connectivity index (χ0) is 21.7. The molecule has 1 unspecified atom stereocenters. The van der Waals surface area contributed by atoms with Crippen molar-refractivity contribution in [1.82, 2.24) is 10.5 Å². The van der Waals surface area contributed by atoms with Crippen LogP contribution in [0.15, 0.2) is 53.1 Å². The van der Waals surface area contributed by atoms with Crippen LogP contribution >= 0.6 is 0 Å². The maximum Gasteiger partial charge on any atom is 0.251 e. The topological polar surface area (TPSA) is 93.5 Å². The van der Waals surface area contributed by atoms with E-state index in [0.29, 0.717) is 23.6 Å². The van der Waals surface area contributed by atoms with Gasteiger partial charge in [0.05, 0.1) is 17.3 Å². The van der Waals surface area contributed by atoms with Gasteiger partial charge in [-0.25, -0.2) is 0 Å². The molecule has 30 heavy (non-hydrogen) atoms. The van der Waals surface area contributed by atoms with Crippen molar-refractivity contribution in [3.8, 4) is 5.75 Å². The third-order valence-electron chi connectivity index (χ3n) is 4.72. The van der Waals surface area contributed by atoms with Crippen LogP contribution in [0, 0.1) is 13.8 Å². The van der Waals surface area contributed by atoms with Crippen LogP contribution in [0.1, 0.15) is 52.8 Å². The molecule has 0 spiro atoms. The number of aryl methyl sites for hydroxylation is 2. The Kier molecular flexibility index (Phi) is 6.51. The van der Waals surface area contributed by atoms with E-state index < -0.39 is 0 Å². The Morgan fingerprint density at radius 2 is 1.90 bits per heavy atom. The van der Waals surface area contributed by atoms with Crippen molar-refractivity contribution in [3.05, 3.63) is 76.7 Å². The molecule has 1 heterocycles. The lowest BCUT2D eigenvalue weighted by Crippen LogP contribution is -2.26. The maximum absolute atomic E-state index is 12.7. The first-order valence-electron chi connectivity index (χ1n) is 9.66. The van der Waals surface area contributed by atoms with Crippen LogP contribution in [0.5, 0.6) is 5.75 Å². The van der Waals surface area contributed by atoms with Gasteiger partial charge in [0.25, 0.3) is 5.91 Å². The number of hydrogen-bond acceptors (Lipinski definition) is 5. The maximum atomic E-state index is 12.7. The molecule has 2 amide bonds. The van der Waals surface area contributed by atoms with Gasteiger partial charge >= 0.3 is 0 Å². The van der Waals surface area contributed by atoms with Gasteiger partial charge in [0.15, 0.2) is 0 Å². The van der Waals surface area contributed by atoms with Crippen LogP contribution < -0.4 is 15.4 Å². The van der Waals surface area contributed by atoms with Crippen LogP contribution in [0.3, 0.4) is 0 Å². The van der Waals surface area contributed by atoms with Crippen LogP contribution in [-0.4, -0.2) is 17.0 Å². The van der Waals surface area contributed by atoms with E-state index in [2.05, 4.69) is 15.8 Å². The zero-order valence-electron chi connectivity index (χ0n) is 17.5. The number of amides is 2. The number of anilines is 1. The summed E-state index contributed by atoms with van der Waals surface area (Å²) in [5.74, 6) is 0.951. The number of nitrogens with zero attached hydrogens (tertiary/aromatic N) is 1. The first kappa shape index (κ1) is 21.1. The molecule has 0 saturated heterocycles. The van der Waals surface area contributed by atoms with Crippen LogP contribution in [0.25, 0.3) is 0 Å². The number of benzene rings is 2. The highest BCUT2D eigenvalue weighted by Gasteiger charge is 2.14. The molecule has 7 nitrogen and oxygen atoms in total. The van der Waals surface area contributed by atoms with E-state index in [1.165, 1.54) is 6.92 Å². The minimum absolute atomic E-state index is 0.141. The average Bonchev–Trinajstić information content (AvgIpc) is 3.03. The summed E-state index contributed by atoms with van der Waals surface area (Å²) in [6.45, 7) is 7.37. The second-order valence-electron chi connectivity index (χ2n) is 7.12. The number of hydrogen-bond donors (Lipinski definition) is 2. The summed E-state index contributed by atoms with van der Waals surface area (Å²) in [7, 11) is 0. The lowest BCUT2D eigenvalue weighted by Gasteiger charge is -2.16. The van der Waals surface area contributed by atoms with Gasteiger partial charge in [-0.3, -0.25) is 9.59 Å². The van der Waals surface area contributed by atoms with Gasteiger partial charge in [0.1, 0.15) is 18.1 Å². The Morgan fingerprint density at radius 3 is 2.60 bits per heavy atom. The average molecular weight is 407 g/mol. The SMILES string of the molecule is CC(=O)Nc1cccc(C(C)NC(=O)c2cccc(OCc3c(C)noc3C)c2)c1. The first-order valence-corrected chi connectivity index (χ1v) is 9.66. The molecule has 0 aliphatic rings. The van der Waals surface area contributed by atoms with Crippen molar-refractivity contribution in [2.45, 2.75) is 40.3 Å². The van der Waals surface area contributed by atoms with E-state index in [9.17, 15) is 9.59 Å². The Morgan fingerprint density at radius 1 is 1.13 bits per heavy atom. The standard InChI is InChI=1S/C23H25N3O4/c1-14(18-7-5-9-20(11-18)25-17(4)27)24-23(28)19-8-6-10-21(12-19)29-13-22-15(2)26-30-16(22)3/h5-12,14H,13H2,1-4H3,(H,24,28)(H,25,27). The largest absolute Gasteiger partial charge is 0.489 e. The molecule has 3 aromatic rings. The Labute approximate surface area is 175 Å². The summed E-state index contributed by atoms with van der Waals surface area (Å²) in [5.41, 5.74) is 3.77. The summed E-state index contributed by atoms with van der Waals surface area (Å²) in [6, 6.07) is 14.2. The van der Waals surface area contributed by atoms with Gasteiger partial charge in [-0.2, -0.15) is 0 Å². The minimum Gasteiger partial charge on any atom is -0.489 e. The predicted molar refractivity (Wildman–Crippen MR) is 113 cm³/mol. The van der Waals surface area contributed by atoms with Crippen LogP contribution in [0.2, 0.25) is 0 Å². The fourth-order valence-electron chi connectivity index (χ4n) is 3.04. The molecule has 2 N–H and O–H groups in total. The number of carbonyl (C=O) groups excluding carboxylic acids is 2. The van der Waals surface area contributed by atoms with E-state index in [1.54, 1.807) is 30.3 Å². The molecule has 0 aliphatic carbocycles. The fourth-order valence-corrected chi connectivity index (χ4v) is 3.04. The quantitative estimate of drug-likeness (QED) is 0.608. The summed E-state index contributed by atoms with van der Waals surface area (Å²) < 4.78 is 11.0. The van der Waals surface area contributed by atoms with E-state index >= 15 is 0 Å². The lowest BCUT2D eigenvalue weighted by atomic mass is 10.1. The Balaban J connectivity index is 1.65. The van der Waals surface area contributed by atoms with E-state index in [0.717, 1.165) is 22.6 Å². The first-order chi connectivity index (χ1) is 14.3. The number of carbonyl (C=O) groups is 2. The van der Waals surface area contributed by atoms with Crippen molar-refractivity contribution in [2.24, 2.45) is 0 Å². The van der Waals surface area contributed by atoms with E-state index in [1.807, 2.05) is 39.0 Å². The van der Waals surface area contributed by atoms with Crippen molar-refractivity contribution in [1.29, 1.82) is 0 Å². The molecule has 156 valence electrons. The highest BCUT2D eigenvalue weighted by molar-refractivity contribution is 5.95. The predicted octanol–water partition coefficient (Wildman–Crippen LogP) is 4.32. The molecule has 7 heteroatoms. The molecule has 0 fully saturated rings. The van der Waals surface area contributed by atoms with Gasteiger partial charge in [-0.15, -0.1) is 0 Å². The minimum atomic E-state index is -0.238. The van der Waals surface area contributed by atoms with Gasteiger partial charge < -0.3 is 19.9 Å². The zero-order valence-corrected chi connectivity index (χ0v) is 17.5. The second-order valence-corrected chi connectivity index (χ2v) is 7.12. The summed E-state index contributed by atoms with van der Waals surface area (Å²) in [4.78, 5) is 24.0. The summed E-state index contributed by atoms with van der Waals surface area (Å²) in [6.07, 6.45) is 0. The van der Waals surface area contributed by atoms with Gasteiger partial charge in [-0.1, -0.05) is 23.4 Å². The van der Waals surface area contributed by atoms with Crippen LogP contribution in [-0.2, 0) is 11.4 Å². The molecule has 1 atom stereocenters. The monoisotopic (exact) mass is 407 g/mol. The molecule has 3 rings (SSSR count).